The number of benzene rings is 1. The van der Waals surface area contributed by atoms with Crippen LogP contribution < -0.4 is 5.73 Å². The Hall–Kier alpha value is -2.69. The van der Waals surface area contributed by atoms with Gasteiger partial charge in [-0.2, -0.15) is 0 Å². The summed E-state index contributed by atoms with van der Waals surface area (Å²) >= 11 is 0. The molecule has 3 N–H and O–H groups in total. The predicted molar refractivity (Wildman–Crippen MR) is 67.4 cm³/mol. The zero-order chi connectivity index (χ0) is 13.7. The van der Waals surface area contributed by atoms with Gasteiger partial charge in [0, 0.05) is 11.1 Å². The molecule has 3 rings (SSSR count). The van der Waals surface area contributed by atoms with Crippen LogP contribution in [0.15, 0.2) is 24.3 Å². The molecule has 0 spiro atoms. The Balaban J connectivity index is 2.33. The SMILES string of the molecule is Cc1c(C(N)=O)[nH]c2c1C(=O)c1ccccc1C2=O. The fourth-order valence-corrected chi connectivity index (χ4v) is 2.44. The minimum absolute atomic E-state index is 0.111. The Morgan fingerprint density at radius 1 is 1.11 bits per heavy atom. The lowest BCUT2D eigenvalue weighted by Gasteiger charge is -2.14. The van der Waals surface area contributed by atoms with Gasteiger partial charge >= 0.3 is 0 Å². The number of aromatic amines is 1. The summed E-state index contributed by atoms with van der Waals surface area (Å²) in [5.41, 5.74) is 6.87. The molecule has 0 saturated carbocycles. The summed E-state index contributed by atoms with van der Waals surface area (Å²) in [6.07, 6.45) is 0. The van der Waals surface area contributed by atoms with Crippen LogP contribution in [-0.4, -0.2) is 22.5 Å². The van der Waals surface area contributed by atoms with E-state index in [1.807, 2.05) is 0 Å². The van der Waals surface area contributed by atoms with E-state index in [-0.39, 0.29) is 28.5 Å². The van der Waals surface area contributed by atoms with Crippen molar-refractivity contribution in [2.24, 2.45) is 5.73 Å². The maximum Gasteiger partial charge on any atom is 0.265 e. The van der Waals surface area contributed by atoms with E-state index >= 15 is 0 Å². The molecular weight excluding hydrogens is 244 g/mol. The van der Waals surface area contributed by atoms with Gasteiger partial charge in [0.15, 0.2) is 5.78 Å². The molecule has 5 nitrogen and oxygen atoms in total. The summed E-state index contributed by atoms with van der Waals surface area (Å²) < 4.78 is 0. The van der Waals surface area contributed by atoms with Gasteiger partial charge in [0.1, 0.15) is 5.69 Å². The van der Waals surface area contributed by atoms with Gasteiger partial charge < -0.3 is 10.7 Å². The first-order chi connectivity index (χ1) is 9.02. The van der Waals surface area contributed by atoms with Crippen LogP contribution in [0.5, 0.6) is 0 Å². The second-order valence-corrected chi connectivity index (χ2v) is 4.44. The molecule has 1 amide bonds. The summed E-state index contributed by atoms with van der Waals surface area (Å²) in [7, 11) is 0. The number of nitrogens with two attached hydrogens (primary N) is 1. The highest BCUT2D eigenvalue weighted by molar-refractivity contribution is 6.29. The Kier molecular flexibility index (Phi) is 2.19. The topological polar surface area (TPSA) is 93.0 Å². The van der Waals surface area contributed by atoms with E-state index in [1.54, 1.807) is 31.2 Å². The quantitative estimate of drug-likeness (QED) is 0.683. The van der Waals surface area contributed by atoms with E-state index in [4.69, 9.17) is 5.73 Å². The van der Waals surface area contributed by atoms with Crippen molar-refractivity contribution in [3.63, 3.8) is 0 Å². The predicted octanol–water partition coefficient (Wildman–Crippen LogP) is 1.20. The first-order valence-electron chi connectivity index (χ1n) is 5.73. The minimum atomic E-state index is -0.684. The highest BCUT2D eigenvalue weighted by Crippen LogP contribution is 2.30. The summed E-state index contributed by atoms with van der Waals surface area (Å²) in [6, 6.07) is 6.60. The van der Waals surface area contributed by atoms with Gasteiger partial charge in [-0.3, -0.25) is 14.4 Å². The second kappa shape index (κ2) is 3.65. The number of hydrogen-bond donors (Lipinski definition) is 2. The molecule has 94 valence electrons. The normalized spacial score (nSPS) is 13.1. The van der Waals surface area contributed by atoms with E-state index in [0.717, 1.165) is 0 Å². The van der Waals surface area contributed by atoms with Crippen molar-refractivity contribution < 1.29 is 14.4 Å². The second-order valence-electron chi connectivity index (χ2n) is 4.44. The van der Waals surface area contributed by atoms with Crippen LogP contribution in [0.3, 0.4) is 0 Å². The standard InChI is InChI=1S/C14H10N2O3/c1-6-9-11(16-10(6)14(15)19)13(18)8-5-3-2-4-7(8)12(9)17/h2-5,16H,1H3,(H2,15,19). The van der Waals surface area contributed by atoms with E-state index in [9.17, 15) is 14.4 Å². The molecule has 0 bridgehead atoms. The number of nitrogens with one attached hydrogen (secondary N) is 1. The van der Waals surface area contributed by atoms with E-state index in [0.29, 0.717) is 16.7 Å². The first-order valence-corrected chi connectivity index (χ1v) is 5.73. The molecule has 19 heavy (non-hydrogen) atoms. The molecule has 0 unspecified atom stereocenters. The third-order valence-electron chi connectivity index (χ3n) is 3.37. The number of hydrogen-bond acceptors (Lipinski definition) is 3. The number of fused-ring (bicyclic) bond motifs is 2. The Labute approximate surface area is 108 Å². The molecule has 1 aromatic heterocycles. The van der Waals surface area contributed by atoms with Gasteiger partial charge in [-0.05, 0) is 12.5 Å². The lowest BCUT2D eigenvalue weighted by molar-refractivity contribution is 0.0976. The number of amides is 1. The number of H-pyrrole nitrogens is 1. The largest absolute Gasteiger partial charge is 0.364 e. The zero-order valence-electron chi connectivity index (χ0n) is 10.1. The lowest BCUT2D eigenvalue weighted by Crippen LogP contribution is -2.20. The van der Waals surface area contributed by atoms with Crippen LogP contribution in [0.4, 0.5) is 0 Å². The third kappa shape index (κ3) is 1.38. The van der Waals surface area contributed by atoms with Crippen LogP contribution in [0.1, 0.15) is 48.0 Å². The molecule has 0 radical (unpaired) electrons. The zero-order valence-corrected chi connectivity index (χ0v) is 10.1. The summed E-state index contributed by atoms with van der Waals surface area (Å²) in [4.78, 5) is 38.7. The molecule has 0 fully saturated rings. The molecule has 0 atom stereocenters. The van der Waals surface area contributed by atoms with E-state index in [2.05, 4.69) is 4.98 Å². The van der Waals surface area contributed by atoms with Crippen molar-refractivity contribution in [3.8, 4) is 0 Å². The van der Waals surface area contributed by atoms with Crippen LogP contribution in [0.2, 0.25) is 0 Å². The average Bonchev–Trinajstić information content (AvgIpc) is 2.74. The first kappa shape index (κ1) is 11.4. The summed E-state index contributed by atoms with van der Waals surface area (Å²) in [6.45, 7) is 1.61. The maximum absolute atomic E-state index is 12.4. The van der Waals surface area contributed by atoms with Crippen molar-refractivity contribution >= 4 is 17.5 Å². The number of carbonyl (C=O) groups is 3. The molecule has 0 saturated heterocycles. The molecule has 0 aliphatic heterocycles. The molecule has 2 aromatic rings. The van der Waals surface area contributed by atoms with Gasteiger partial charge in [0.05, 0.1) is 11.3 Å². The highest BCUT2D eigenvalue weighted by atomic mass is 16.1. The number of primary amides is 1. The van der Waals surface area contributed by atoms with Crippen LogP contribution >= 0.6 is 0 Å². The lowest BCUT2D eigenvalue weighted by atomic mass is 9.86. The van der Waals surface area contributed by atoms with Gasteiger partial charge in [0.25, 0.3) is 5.91 Å². The highest BCUT2D eigenvalue weighted by Gasteiger charge is 2.34. The fraction of sp³-hybridized carbons (Fsp3) is 0.0714. The number of carbonyl (C=O) groups excluding carboxylic acids is 3. The molecule has 1 aliphatic rings. The molecule has 1 aromatic carbocycles. The summed E-state index contributed by atoms with van der Waals surface area (Å²) in [5, 5.41) is 0. The van der Waals surface area contributed by atoms with Crippen molar-refractivity contribution in [2.45, 2.75) is 6.92 Å². The van der Waals surface area contributed by atoms with E-state index < -0.39 is 5.91 Å². The minimum Gasteiger partial charge on any atom is -0.364 e. The number of rotatable bonds is 1. The van der Waals surface area contributed by atoms with E-state index in [1.165, 1.54) is 0 Å². The molecule has 1 aliphatic carbocycles. The van der Waals surface area contributed by atoms with Crippen molar-refractivity contribution in [1.82, 2.24) is 4.98 Å². The van der Waals surface area contributed by atoms with Gasteiger partial charge in [-0.15, -0.1) is 0 Å². The van der Waals surface area contributed by atoms with Crippen LogP contribution in [0.25, 0.3) is 0 Å². The average molecular weight is 254 g/mol. The van der Waals surface area contributed by atoms with Gasteiger partial charge in [-0.1, -0.05) is 24.3 Å². The molecule has 1 heterocycles. The van der Waals surface area contributed by atoms with Crippen LogP contribution in [0, 0.1) is 6.92 Å². The third-order valence-corrected chi connectivity index (χ3v) is 3.37. The maximum atomic E-state index is 12.4. The number of aromatic nitrogens is 1. The van der Waals surface area contributed by atoms with Crippen molar-refractivity contribution in [3.05, 3.63) is 57.9 Å². The molecule has 5 heteroatoms. The van der Waals surface area contributed by atoms with Crippen molar-refractivity contribution in [2.75, 3.05) is 0 Å². The Morgan fingerprint density at radius 2 is 1.68 bits per heavy atom. The smallest absolute Gasteiger partial charge is 0.265 e. The fourth-order valence-electron chi connectivity index (χ4n) is 2.44. The van der Waals surface area contributed by atoms with Gasteiger partial charge in [0.2, 0.25) is 5.78 Å². The summed E-state index contributed by atoms with van der Waals surface area (Å²) in [5.74, 6) is -1.23. The molecular formula is C14H10N2O3. The van der Waals surface area contributed by atoms with Crippen LogP contribution in [-0.2, 0) is 0 Å². The Morgan fingerprint density at radius 3 is 2.26 bits per heavy atom. The monoisotopic (exact) mass is 254 g/mol. The van der Waals surface area contributed by atoms with Gasteiger partial charge in [-0.25, -0.2) is 0 Å². The van der Waals surface area contributed by atoms with Crippen molar-refractivity contribution in [1.29, 1.82) is 0 Å². The Bertz CT molecular complexity index is 756. The number of ketones is 2.